The van der Waals surface area contributed by atoms with Gasteiger partial charge in [-0.3, -0.25) is 13.9 Å². The van der Waals surface area contributed by atoms with E-state index in [1.54, 1.807) is 24.3 Å². The number of methoxy groups -OCH3 is 1. The first kappa shape index (κ1) is 29.7. The number of amides is 2. The second-order valence-electron chi connectivity index (χ2n) is 9.45. The zero-order chi connectivity index (χ0) is 28.4. The number of para-hydroxylation sites is 2. The molecule has 3 aromatic carbocycles. The maximum Gasteiger partial charge on any atom is 0.244 e. The second-order valence-corrected chi connectivity index (χ2v) is 11.4. The molecule has 0 aromatic heterocycles. The summed E-state index contributed by atoms with van der Waals surface area (Å²) in [5, 5.41) is 2.93. The Bertz CT molecular complexity index is 1360. The summed E-state index contributed by atoms with van der Waals surface area (Å²) in [7, 11) is -2.43. The number of nitrogens with zero attached hydrogens (tertiary/aromatic N) is 2. The third-order valence-corrected chi connectivity index (χ3v) is 7.42. The number of hydrogen-bond acceptors (Lipinski definition) is 5. The zero-order valence-corrected chi connectivity index (χ0v) is 23.8. The number of rotatable bonds is 13. The fourth-order valence-electron chi connectivity index (χ4n) is 4.36. The molecule has 9 heteroatoms. The van der Waals surface area contributed by atoms with Gasteiger partial charge in [0, 0.05) is 19.5 Å². The number of benzene rings is 3. The van der Waals surface area contributed by atoms with Crippen molar-refractivity contribution in [3.63, 3.8) is 0 Å². The molecule has 0 saturated heterocycles. The van der Waals surface area contributed by atoms with Crippen molar-refractivity contribution in [2.24, 2.45) is 0 Å². The van der Waals surface area contributed by atoms with Gasteiger partial charge in [-0.05, 0) is 36.6 Å². The van der Waals surface area contributed by atoms with Crippen LogP contribution in [0.4, 0.5) is 5.69 Å². The van der Waals surface area contributed by atoms with E-state index in [1.807, 2.05) is 68.4 Å². The topological polar surface area (TPSA) is 96.0 Å². The van der Waals surface area contributed by atoms with Gasteiger partial charge in [0.1, 0.15) is 18.3 Å². The number of carbonyl (C=O) groups excluding carboxylic acids is 2. The average molecular weight is 552 g/mol. The largest absolute Gasteiger partial charge is 0.495 e. The molecule has 3 aromatic rings. The van der Waals surface area contributed by atoms with E-state index in [9.17, 15) is 18.0 Å². The molecule has 0 radical (unpaired) electrons. The van der Waals surface area contributed by atoms with Crippen molar-refractivity contribution in [3.8, 4) is 5.75 Å². The summed E-state index contributed by atoms with van der Waals surface area (Å²) in [6, 6.07) is 23.0. The molecule has 0 bridgehead atoms. The van der Waals surface area contributed by atoms with Crippen LogP contribution in [0.5, 0.6) is 5.75 Å². The molecular weight excluding hydrogens is 514 g/mol. The molecule has 0 saturated carbocycles. The van der Waals surface area contributed by atoms with Crippen molar-refractivity contribution >= 4 is 27.5 Å². The number of hydrogen-bond donors (Lipinski definition) is 1. The van der Waals surface area contributed by atoms with E-state index < -0.39 is 28.5 Å². The normalized spacial score (nSPS) is 11.9. The number of ether oxygens (including phenoxy) is 1. The van der Waals surface area contributed by atoms with Gasteiger partial charge in [-0.2, -0.15) is 0 Å². The van der Waals surface area contributed by atoms with Crippen LogP contribution in [0.25, 0.3) is 0 Å². The molecule has 3 rings (SSSR count). The summed E-state index contributed by atoms with van der Waals surface area (Å²) in [4.78, 5) is 29.1. The Kier molecular flexibility index (Phi) is 10.5. The van der Waals surface area contributed by atoms with Crippen molar-refractivity contribution < 1.29 is 22.7 Å². The van der Waals surface area contributed by atoms with Crippen molar-refractivity contribution in [1.29, 1.82) is 0 Å². The molecule has 0 aliphatic heterocycles. The Morgan fingerprint density at radius 2 is 1.62 bits per heavy atom. The van der Waals surface area contributed by atoms with Crippen molar-refractivity contribution in [2.75, 3.05) is 30.8 Å². The summed E-state index contributed by atoms with van der Waals surface area (Å²) in [6.07, 6.45) is 2.07. The van der Waals surface area contributed by atoms with E-state index in [1.165, 1.54) is 12.0 Å². The molecule has 39 heavy (non-hydrogen) atoms. The Hall–Kier alpha value is -3.85. The van der Waals surface area contributed by atoms with Crippen molar-refractivity contribution in [2.45, 2.75) is 39.3 Å². The molecule has 1 N–H and O–H groups in total. The van der Waals surface area contributed by atoms with Crippen molar-refractivity contribution in [3.05, 3.63) is 95.6 Å². The molecule has 208 valence electrons. The Morgan fingerprint density at radius 1 is 0.949 bits per heavy atom. The van der Waals surface area contributed by atoms with Crippen LogP contribution >= 0.6 is 0 Å². The van der Waals surface area contributed by atoms with Crippen LogP contribution < -0.4 is 14.4 Å². The van der Waals surface area contributed by atoms with Crippen LogP contribution in [-0.4, -0.2) is 57.6 Å². The number of carbonyl (C=O) groups is 2. The van der Waals surface area contributed by atoms with Gasteiger partial charge < -0.3 is 15.0 Å². The predicted molar refractivity (Wildman–Crippen MR) is 154 cm³/mol. The monoisotopic (exact) mass is 551 g/mol. The van der Waals surface area contributed by atoms with Crippen LogP contribution in [0.2, 0.25) is 0 Å². The van der Waals surface area contributed by atoms with Crippen LogP contribution in [0.15, 0.2) is 78.9 Å². The molecule has 0 aliphatic carbocycles. The first-order valence-corrected chi connectivity index (χ1v) is 14.8. The lowest BCUT2D eigenvalue weighted by molar-refractivity contribution is -0.140. The molecule has 8 nitrogen and oxygen atoms in total. The van der Waals surface area contributed by atoms with E-state index in [0.29, 0.717) is 12.3 Å². The number of anilines is 1. The van der Waals surface area contributed by atoms with Gasteiger partial charge in [-0.1, -0.05) is 79.2 Å². The summed E-state index contributed by atoms with van der Waals surface area (Å²) in [5.41, 5.74) is 3.00. The van der Waals surface area contributed by atoms with E-state index in [0.717, 1.165) is 33.7 Å². The molecule has 0 unspecified atom stereocenters. The molecule has 1 atom stereocenters. The zero-order valence-electron chi connectivity index (χ0n) is 23.0. The highest BCUT2D eigenvalue weighted by Gasteiger charge is 2.33. The van der Waals surface area contributed by atoms with Gasteiger partial charge >= 0.3 is 0 Å². The highest BCUT2D eigenvalue weighted by atomic mass is 32.2. The van der Waals surface area contributed by atoms with Gasteiger partial charge in [0.05, 0.1) is 19.1 Å². The maximum atomic E-state index is 14.1. The van der Waals surface area contributed by atoms with E-state index in [4.69, 9.17) is 4.74 Å². The van der Waals surface area contributed by atoms with Gasteiger partial charge in [0.25, 0.3) is 0 Å². The van der Waals surface area contributed by atoms with Gasteiger partial charge in [-0.15, -0.1) is 0 Å². The first-order chi connectivity index (χ1) is 18.6. The van der Waals surface area contributed by atoms with E-state index >= 15 is 0 Å². The van der Waals surface area contributed by atoms with Gasteiger partial charge in [0.15, 0.2) is 0 Å². The number of nitrogens with one attached hydrogen (secondary N) is 1. The lowest BCUT2D eigenvalue weighted by Crippen LogP contribution is -2.53. The minimum absolute atomic E-state index is 0.140. The second kappa shape index (κ2) is 13.8. The molecule has 2 amide bonds. The Morgan fingerprint density at radius 3 is 2.26 bits per heavy atom. The van der Waals surface area contributed by atoms with Crippen LogP contribution in [0.1, 0.15) is 30.0 Å². The fraction of sp³-hybridized carbons (Fsp3) is 0.333. The quantitative estimate of drug-likeness (QED) is 0.347. The van der Waals surface area contributed by atoms with Crippen LogP contribution in [0.3, 0.4) is 0 Å². The summed E-state index contributed by atoms with van der Waals surface area (Å²) in [6.45, 7) is 4.03. The van der Waals surface area contributed by atoms with Crippen LogP contribution in [0, 0.1) is 6.92 Å². The van der Waals surface area contributed by atoms with Crippen LogP contribution in [-0.2, 0) is 32.6 Å². The van der Waals surface area contributed by atoms with Gasteiger partial charge in [-0.25, -0.2) is 8.42 Å². The Labute approximate surface area is 231 Å². The molecule has 0 fully saturated rings. The highest BCUT2D eigenvalue weighted by Crippen LogP contribution is 2.30. The van der Waals surface area contributed by atoms with E-state index in [-0.39, 0.29) is 24.6 Å². The summed E-state index contributed by atoms with van der Waals surface area (Å²) >= 11 is 0. The lowest BCUT2D eigenvalue weighted by Gasteiger charge is -2.33. The van der Waals surface area contributed by atoms with Gasteiger partial charge in [0.2, 0.25) is 21.8 Å². The standard InChI is InChI=1S/C30H37N3O5S/c1-5-18-31-30(35)27(20-24-13-7-6-8-14-24)32(21-25-15-11-12-23(2)19-25)29(34)22-33(39(4,36)37)26-16-9-10-17-28(26)38-3/h6-17,19,27H,5,18,20-22H2,1-4H3,(H,31,35)/t27-/m1/s1. The summed E-state index contributed by atoms with van der Waals surface area (Å²) < 4.78 is 32.2. The minimum atomic E-state index is -3.87. The third kappa shape index (κ3) is 8.32. The smallest absolute Gasteiger partial charge is 0.244 e. The van der Waals surface area contributed by atoms with E-state index in [2.05, 4.69) is 5.32 Å². The third-order valence-electron chi connectivity index (χ3n) is 6.29. The summed E-state index contributed by atoms with van der Waals surface area (Å²) in [5.74, 6) is -0.465. The highest BCUT2D eigenvalue weighted by molar-refractivity contribution is 7.92. The SMILES string of the molecule is CCCNC(=O)[C@@H](Cc1ccccc1)N(Cc1cccc(C)c1)C(=O)CN(c1ccccc1OC)S(C)(=O)=O. The van der Waals surface area contributed by atoms with Crippen molar-refractivity contribution in [1.82, 2.24) is 10.2 Å². The predicted octanol–water partition coefficient (Wildman–Crippen LogP) is 3.94. The number of sulfonamides is 1. The minimum Gasteiger partial charge on any atom is -0.495 e. The number of aryl methyl sites for hydroxylation is 1. The Balaban J connectivity index is 2.06. The molecule has 0 spiro atoms. The molecule has 0 aliphatic rings. The lowest BCUT2D eigenvalue weighted by atomic mass is 10.0. The molecular formula is C30H37N3O5S. The fourth-order valence-corrected chi connectivity index (χ4v) is 5.21. The maximum absolute atomic E-state index is 14.1. The first-order valence-electron chi connectivity index (χ1n) is 12.9. The molecule has 0 heterocycles. The average Bonchev–Trinajstić information content (AvgIpc) is 2.92.